The van der Waals surface area contributed by atoms with Crippen molar-refractivity contribution in [3.63, 3.8) is 0 Å². The van der Waals surface area contributed by atoms with Gasteiger partial charge in [-0.3, -0.25) is 0 Å². The first kappa shape index (κ1) is 18.1. The molecule has 12 heteroatoms. The minimum atomic E-state index is -4.81. The van der Waals surface area contributed by atoms with Crippen LogP contribution in [-0.2, 0) is 29.5 Å². The van der Waals surface area contributed by atoms with Crippen molar-refractivity contribution in [3.8, 4) is 5.88 Å². The number of hydrogen-bond acceptors (Lipinski definition) is 4. The molecule has 0 amide bonds. The molecule has 2 aromatic rings. The average Bonchev–Trinajstić information content (AvgIpc) is 2.79. The maximum absolute atomic E-state index is 12.5. The van der Waals surface area contributed by atoms with Gasteiger partial charge in [0, 0.05) is 13.1 Å². The lowest BCUT2D eigenvalue weighted by Gasteiger charge is -2.09. The van der Waals surface area contributed by atoms with Crippen LogP contribution in [0.25, 0.3) is 0 Å². The van der Waals surface area contributed by atoms with Gasteiger partial charge in [0.05, 0.1) is 5.56 Å². The molecular formula is C12H8F6N2O3S. The normalized spacial score (nSPS) is 13.1. The van der Waals surface area contributed by atoms with Crippen LogP contribution in [0.4, 0.5) is 26.3 Å². The Morgan fingerprint density at radius 2 is 1.54 bits per heavy atom. The Morgan fingerprint density at radius 3 is 1.96 bits per heavy atom. The van der Waals surface area contributed by atoms with Crippen molar-refractivity contribution in [2.24, 2.45) is 7.05 Å². The van der Waals surface area contributed by atoms with Crippen molar-refractivity contribution in [3.05, 3.63) is 41.6 Å². The van der Waals surface area contributed by atoms with Gasteiger partial charge in [0.2, 0.25) is 5.88 Å². The zero-order valence-electron chi connectivity index (χ0n) is 11.7. The molecule has 2 rings (SSSR count). The molecule has 0 aliphatic carbocycles. The monoisotopic (exact) mass is 374 g/mol. The maximum atomic E-state index is 12.5. The first-order valence-electron chi connectivity index (χ1n) is 6.04. The molecule has 0 saturated carbocycles. The fraction of sp³-hybridized carbons (Fsp3) is 0.250. The SMILES string of the molecule is Cn1nc(C(F)(F)F)cc1OS(=O)(=O)c1ccc(C(F)(F)F)cc1. The highest BCUT2D eigenvalue weighted by atomic mass is 32.2. The highest BCUT2D eigenvalue weighted by molar-refractivity contribution is 7.87. The van der Waals surface area contributed by atoms with Gasteiger partial charge in [-0.1, -0.05) is 0 Å². The molecule has 0 N–H and O–H groups in total. The van der Waals surface area contributed by atoms with Crippen LogP contribution in [0.2, 0.25) is 0 Å². The summed E-state index contributed by atoms with van der Waals surface area (Å²) in [5, 5.41) is 3.06. The van der Waals surface area contributed by atoms with Crippen molar-refractivity contribution >= 4 is 10.1 Å². The van der Waals surface area contributed by atoms with E-state index in [4.69, 9.17) is 0 Å². The van der Waals surface area contributed by atoms with Crippen LogP contribution in [0.5, 0.6) is 5.88 Å². The molecule has 0 unspecified atom stereocenters. The summed E-state index contributed by atoms with van der Waals surface area (Å²) in [6.07, 6.45) is -9.47. The summed E-state index contributed by atoms with van der Waals surface area (Å²) in [6.45, 7) is 0. The number of aromatic nitrogens is 2. The second kappa shape index (κ2) is 5.69. The van der Waals surface area contributed by atoms with E-state index in [1.165, 1.54) is 0 Å². The summed E-state index contributed by atoms with van der Waals surface area (Å²) in [7, 11) is -3.61. The number of hydrogen-bond donors (Lipinski definition) is 0. The number of nitrogens with zero attached hydrogens (tertiary/aromatic N) is 2. The van der Waals surface area contributed by atoms with E-state index in [-0.39, 0.29) is 0 Å². The minimum absolute atomic E-state index is 0.363. The maximum Gasteiger partial charge on any atom is 0.435 e. The quantitative estimate of drug-likeness (QED) is 0.611. The highest BCUT2D eigenvalue weighted by Crippen LogP contribution is 2.32. The fourth-order valence-corrected chi connectivity index (χ4v) is 2.58. The van der Waals surface area contributed by atoms with Crippen LogP contribution in [0.15, 0.2) is 35.2 Å². The minimum Gasteiger partial charge on any atom is -0.358 e. The van der Waals surface area contributed by atoms with Gasteiger partial charge in [0.1, 0.15) is 4.90 Å². The first-order chi connectivity index (χ1) is 10.8. The van der Waals surface area contributed by atoms with Gasteiger partial charge >= 0.3 is 22.5 Å². The molecule has 0 saturated heterocycles. The highest BCUT2D eigenvalue weighted by Gasteiger charge is 2.36. The second-order valence-electron chi connectivity index (χ2n) is 4.55. The Bertz CT molecular complexity index is 837. The Balaban J connectivity index is 2.31. The average molecular weight is 374 g/mol. The van der Waals surface area contributed by atoms with Crippen molar-refractivity contribution < 1.29 is 38.9 Å². The zero-order chi connectivity index (χ0) is 18.3. The Hall–Kier alpha value is -2.24. The van der Waals surface area contributed by atoms with Crippen molar-refractivity contribution in [1.82, 2.24) is 9.78 Å². The molecule has 0 bridgehead atoms. The third-order valence-corrected chi connectivity index (χ3v) is 4.03. The molecule has 0 atom stereocenters. The van der Waals surface area contributed by atoms with E-state index in [0.717, 1.165) is 7.05 Å². The molecule has 1 aromatic heterocycles. The number of aryl methyl sites for hydroxylation is 1. The molecule has 5 nitrogen and oxygen atoms in total. The van der Waals surface area contributed by atoms with E-state index in [1.54, 1.807) is 0 Å². The molecule has 132 valence electrons. The van der Waals surface area contributed by atoms with Gasteiger partial charge in [-0.2, -0.15) is 39.9 Å². The molecule has 1 heterocycles. The Labute approximate surface area is 131 Å². The smallest absolute Gasteiger partial charge is 0.358 e. The Morgan fingerprint density at radius 1 is 1.00 bits per heavy atom. The van der Waals surface area contributed by atoms with Crippen molar-refractivity contribution in [2.75, 3.05) is 0 Å². The number of rotatable bonds is 3. The summed E-state index contributed by atoms with van der Waals surface area (Å²) in [4.78, 5) is -0.648. The van der Waals surface area contributed by atoms with E-state index in [9.17, 15) is 34.8 Å². The summed E-state index contributed by atoms with van der Waals surface area (Å²) >= 11 is 0. The van der Waals surface area contributed by atoms with E-state index in [2.05, 4.69) is 9.28 Å². The number of benzene rings is 1. The van der Waals surface area contributed by atoms with Crippen LogP contribution >= 0.6 is 0 Å². The van der Waals surface area contributed by atoms with E-state index >= 15 is 0 Å². The molecule has 1 aromatic carbocycles. The second-order valence-corrected chi connectivity index (χ2v) is 6.10. The molecule has 0 spiro atoms. The van der Waals surface area contributed by atoms with Gasteiger partial charge in [0.25, 0.3) is 0 Å². The van der Waals surface area contributed by atoms with Crippen LogP contribution in [0.3, 0.4) is 0 Å². The topological polar surface area (TPSA) is 61.2 Å². The number of halogens is 6. The standard InChI is InChI=1S/C12H8F6N2O3S/c1-20-10(6-9(19-20)12(16,17)18)23-24(21,22)8-4-2-7(3-5-8)11(13,14)15/h2-6H,1H3. The lowest BCUT2D eigenvalue weighted by Crippen LogP contribution is -2.13. The molecule has 0 radical (unpaired) electrons. The molecule has 0 fully saturated rings. The van der Waals surface area contributed by atoms with Gasteiger partial charge in [-0.15, -0.1) is 0 Å². The summed E-state index contributed by atoms with van der Waals surface area (Å²) in [5.74, 6) is -0.734. The predicted molar refractivity (Wildman–Crippen MR) is 67.5 cm³/mol. The molecule has 0 aliphatic heterocycles. The van der Waals surface area contributed by atoms with Crippen LogP contribution in [-0.4, -0.2) is 18.2 Å². The third kappa shape index (κ3) is 3.80. The van der Waals surface area contributed by atoms with E-state index in [1.807, 2.05) is 0 Å². The zero-order valence-corrected chi connectivity index (χ0v) is 12.5. The summed E-state index contributed by atoms with van der Waals surface area (Å²) in [5.41, 5.74) is -2.45. The van der Waals surface area contributed by atoms with Crippen LogP contribution < -0.4 is 4.18 Å². The van der Waals surface area contributed by atoms with E-state index in [0.29, 0.717) is 35.0 Å². The van der Waals surface area contributed by atoms with Gasteiger partial charge in [-0.05, 0) is 24.3 Å². The molecule has 24 heavy (non-hydrogen) atoms. The molecular weight excluding hydrogens is 366 g/mol. The van der Waals surface area contributed by atoms with Gasteiger partial charge < -0.3 is 4.18 Å². The van der Waals surface area contributed by atoms with Gasteiger partial charge in [0.15, 0.2) is 5.69 Å². The van der Waals surface area contributed by atoms with E-state index < -0.39 is 44.5 Å². The molecule has 0 aliphatic rings. The summed E-state index contributed by atoms with van der Waals surface area (Å²) < 4.78 is 104. The summed E-state index contributed by atoms with van der Waals surface area (Å²) in [6, 6.07) is 2.67. The van der Waals surface area contributed by atoms with Crippen LogP contribution in [0.1, 0.15) is 11.3 Å². The third-order valence-electron chi connectivity index (χ3n) is 2.79. The number of alkyl halides is 6. The van der Waals surface area contributed by atoms with Crippen molar-refractivity contribution in [1.29, 1.82) is 0 Å². The fourth-order valence-electron chi connectivity index (χ4n) is 1.64. The van der Waals surface area contributed by atoms with Gasteiger partial charge in [-0.25, -0.2) is 4.68 Å². The predicted octanol–water partition coefficient (Wildman–Crippen LogP) is 3.23. The van der Waals surface area contributed by atoms with Crippen molar-refractivity contribution in [2.45, 2.75) is 17.2 Å². The first-order valence-corrected chi connectivity index (χ1v) is 7.44. The lowest BCUT2D eigenvalue weighted by atomic mass is 10.2. The Kier molecular flexibility index (Phi) is 4.29. The van der Waals surface area contributed by atoms with Crippen LogP contribution in [0, 0.1) is 0 Å². The lowest BCUT2D eigenvalue weighted by molar-refractivity contribution is -0.141. The largest absolute Gasteiger partial charge is 0.435 e.